The monoisotopic (exact) mass is 162 g/mol. The maximum atomic E-state index is 4.00. The Balaban J connectivity index is 2.30. The summed E-state index contributed by atoms with van der Waals surface area (Å²) >= 11 is 0. The first-order chi connectivity index (χ1) is 5.79. The molecule has 0 aromatic rings. The van der Waals surface area contributed by atoms with Crippen molar-refractivity contribution < 1.29 is 0 Å². The molecule has 0 heterocycles. The van der Waals surface area contributed by atoms with Crippen LogP contribution in [0, 0.1) is 10.8 Å². The Morgan fingerprint density at radius 1 is 0.750 bits per heavy atom. The summed E-state index contributed by atoms with van der Waals surface area (Å²) in [6.45, 7) is 8.01. The molecule has 0 radical (unpaired) electrons. The highest BCUT2D eigenvalue weighted by Gasteiger charge is 2.55. The van der Waals surface area contributed by atoms with E-state index >= 15 is 0 Å². The van der Waals surface area contributed by atoms with Crippen LogP contribution in [0.1, 0.15) is 38.5 Å². The van der Waals surface area contributed by atoms with Crippen LogP contribution >= 0.6 is 0 Å². The van der Waals surface area contributed by atoms with Gasteiger partial charge in [-0.15, -0.1) is 13.2 Å². The molecule has 2 saturated carbocycles. The molecule has 2 atom stereocenters. The topological polar surface area (TPSA) is 0 Å². The van der Waals surface area contributed by atoms with Gasteiger partial charge in [0.25, 0.3) is 0 Å². The lowest BCUT2D eigenvalue weighted by Gasteiger charge is -2.60. The van der Waals surface area contributed by atoms with Crippen LogP contribution in [0.5, 0.6) is 0 Å². The van der Waals surface area contributed by atoms with Crippen molar-refractivity contribution in [3.05, 3.63) is 25.3 Å². The molecule has 0 aromatic heterocycles. The van der Waals surface area contributed by atoms with E-state index in [0.717, 1.165) is 0 Å². The molecular weight excluding hydrogens is 144 g/mol. The lowest BCUT2D eigenvalue weighted by Crippen LogP contribution is -2.50. The van der Waals surface area contributed by atoms with Crippen molar-refractivity contribution in [2.45, 2.75) is 38.5 Å². The molecule has 2 aliphatic carbocycles. The van der Waals surface area contributed by atoms with E-state index in [1.165, 1.54) is 38.5 Å². The van der Waals surface area contributed by atoms with Crippen molar-refractivity contribution >= 4 is 0 Å². The number of allylic oxidation sites excluding steroid dienone is 2. The molecule has 2 aliphatic rings. The molecular formula is C12H18. The first-order valence-electron chi connectivity index (χ1n) is 5.06. The Kier molecular flexibility index (Phi) is 1.67. The Labute approximate surface area is 75.4 Å². The van der Waals surface area contributed by atoms with Crippen LogP contribution in [0.3, 0.4) is 0 Å². The van der Waals surface area contributed by atoms with Gasteiger partial charge in [0.05, 0.1) is 0 Å². The number of fused-ring (bicyclic) bond motifs is 1. The van der Waals surface area contributed by atoms with Crippen LogP contribution < -0.4 is 0 Å². The highest BCUT2D eigenvalue weighted by Crippen LogP contribution is 2.65. The van der Waals surface area contributed by atoms with E-state index in [4.69, 9.17) is 0 Å². The summed E-state index contributed by atoms with van der Waals surface area (Å²) in [5, 5.41) is 0. The van der Waals surface area contributed by atoms with Crippen molar-refractivity contribution in [1.29, 1.82) is 0 Å². The largest absolute Gasteiger partial charge is 0.102 e. The number of rotatable bonds is 2. The van der Waals surface area contributed by atoms with Gasteiger partial charge in [-0.1, -0.05) is 25.0 Å². The third kappa shape index (κ3) is 0.734. The average molecular weight is 162 g/mol. The van der Waals surface area contributed by atoms with Crippen LogP contribution in [-0.4, -0.2) is 0 Å². The normalized spacial score (nSPS) is 45.7. The molecule has 2 unspecified atom stereocenters. The van der Waals surface area contributed by atoms with E-state index in [2.05, 4.69) is 25.3 Å². The molecule has 2 rings (SSSR count). The molecule has 0 bridgehead atoms. The second-order valence-electron chi connectivity index (χ2n) is 4.43. The van der Waals surface area contributed by atoms with E-state index in [1.54, 1.807) is 0 Å². The molecule has 0 aliphatic heterocycles. The summed E-state index contributed by atoms with van der Waals surface area (Å²) in [5.41, 5.74) is 0.903. The second-order valence-corrected chi connectivity index (χ2v) is 4.43. The predicted molar refractivity (Wildman–Crippen MR) is 53.0 cm³/mol. The van der Waals surface area contributed by atoms with Gasteiger partial charge in [0.1, 0.15) is 0 Å². The van der Waals surface area contributed by atoms with Crippen molar-refractivity contribution in [3.63, 3.8) is 0 Å². The van der Waals surface area contributed by atoms with Gasteiger partial charge in [0.15, 0.2) is 0 Å². The summed E-state index contributed by atoms with van der Waals surface area (Å²) in [7, 11) is 0. The highest BCUT2D eigenvalue weighted by molar-refractivity contribution is 5.21. The minimum absolute atomic E-state index is 0.451. The zero-order valence-electron chi connectivity index (χ0n) is 7.81. The Morgan fingerprint density at radius 3 is 1.42 bits per heavy atom. The van der Waals surface area contributed by atoms with Crippen molar-refractivity contribution in [2.75, 3.05) is 0 Å². The lowest BCUT2D eigenvalue weighted by molar-refractivity contribution is -0.0363. The maximum Gasteiger partial charge on any atom is -0.00298 e. The fourth-order valence-corrected chi connectivity index (χ4v) is 3.21. The van der Waals surface area contributed by atoms with Gasteiger partial charge in [-0.05, 0) is 36.5 Å². The van der Waals surface area contributed by atoms with Crippen LogP contribution in [-0.2, 0) is 0 Å². The zero-order valence-corrected chi connectivity index (χ0v) is 7.81. The predicted octanol–water partition coefficient (Wildman–Crippen LogP) is 3.70. The molecule has 0 saturated heterocycles. The summed E-state index contributed by atoms with van der Waals surface area (Å²) in [4.78, 5) is 0. The van der Waals surface area contributed by atoms with Gasteiger partial charge in [-0.2, -0.15) is 0 Å². The van der Waals surface area contributed by atoms with Gasteiger partial charge in [0, 0.05) is 0 Å². The number of hydrogen-bond donors (Lipinski definition) is 0. The van der Waals surface area contributed by atoms with E-state index in [-0.39, 0.29) is 0 Å². The van der Waals surface area contributed by atoms with E-state index in [0.29, 0.717) is 10.8 Å². The van der Waals surface area contributed by atoms with Crippen LogP contribution in [0.2, 0.25) is 0 Å². The quantitative estimate of drug-likeness (QED) is 0.543. The summed E-state index contributed by atoms with van der Waals surface area (Å²) < 4.78 is 0. The zero-order chi connectivity index (χ0) is 8.66. The molecule has 12 heavy (non-hydrogen) atoms. The fraction of sp³-hybridized carbons (Fsp3) is 0.667. The first-order valence-corrected chi connectivity index (χ1v) is 5.06. The van der Waals surface area contributed by atoms with Gasteiger partial charge >= 0.3 is 0 Å². The van der Waals surface area contributed by atoms with Crippen LogP contribution in [0.15, 0.2) is 25.3 Å². The Morgan fingerprint density at radius 2 is 1.17 bits per heavy atom. The molecule has 66 valence electrons. The standard InChI is InChI=1S/C12H18/c1-3-11-7-5-6-8-12(11,4-2)10-9-11/h3-4H,1-2,5-10H2. The molecule has 0 nitrogen and oxygen atoms in total. The lowest BCUT2D eigenvalue weighted by atomic mass is 9.44. The molecule has 2 fully saturated rings. The van der Waals surface area contributed by atoms with E-state index in [9.17, 15) is 0 Å². The molecule has 0 aromatic carbocycles. The second kappa shape index (κ2) is 2.48. The molecule has 0 N–H and O–H groups in total. The maximum absolute atomic E-state index is 4.00. The number of hydrogen-bond acceptors (Lipinski definition) is 0. The highest BCUT2D eigenvalue weighted by atomic mass is 14.6. The smallest absolute Gasteiger partial charge is 0.00298 e. The molecule has 0 amide bonds. The van der Waals surface area contributed by atoms with Gasteiger partial charge in [-0.3, -0.25) is 0 Å². The summed E-state index contributed by atoms with van der Waals surface area (Å²) in [5.74, 6) is 0. The van der Waals surface area contributed by atoms with Crippen molar-refractivity contribution in [2.24, 2.45) is 10.8 Å². The summed E-state index contributed by atoms with van der Waals surface area (Å²) in [6.07, 6.45) is 12.6. The Hall–Kier alpha value is -0.520. The first kappa shape index (κ1) is 8.10. The summed E-state index contributed by atoms with van der Waals surface area (Å²) in [6, 6.07) is 0. The molecule has 0 heteroatoms. The minimum Gasteiger partial charge on any atom is -0.102 e. The SMILES string of the molecule is C=CC12CCCCC1(C=C)CC2. The van der Waals surface area contributed by atoms with E-state index in [1.807, 2.05) is 0 Å². The average Bonchev–Trinajstić information content (AvgIpc) is 2.09. The minimum atomic E-state index is 0.451. The Bertz CT molecular complexity index is 192. The van der Waals surface area contributed by atoms with Gasteiger partial charge in [0.2, 0.25) is 0 Å². The van der Waals surface area contributed by atoms with E-state index < -0.39 is 0 Å². The van der Waals surface area contributed by atoms with Gasteiger partial charge < -0.3 is 0 Å². The fourth-order valence-electron chi connectivity index (χ4n) is 3.21. The third-order valence-electron chi connectivity index (χ3n) is 4.29. The van der Waals surface area contributed by atoms with Crippen LogP contribution in [0.25, 0.3) is 0 Å². The molecule has 0 spiro atoms. The van der Waals surface area contributed by atoms with Crippen molar-refractivity contribution in [1.82, 2.24) is 0 Å². The van der Waals surface area contributed by atoms with Crippen LogP contribution in [0.4, 0.5) is 0 Å². The van der Waals surface area contributed by atoms with Crippen molar-refractivity contribution in [3.8, 4) is 0 Å². The third-order valence-corrected chi connectivity index (χ3v) is 4.29. The van der Waals surface area contributed by atoms with Gasteiger partial charge in [-0.25, -0.2) is 0 Å².